The molecule has 16 heavy (non-hydrogen) atoms. The Hall–Kier alpha value is -1.13. The van der Waals surface area contributed by atoms with Crippen LogP contribution in [0, 0.1) is 0 Å². The summed E-state index contributed by atoms with van der Waals surface area (Å²) in [6.45, 7) is 0.376. The summed E-state index contributed by atoms with van der Waals surface area (Å²) in [5, 5.41) is 0.615. The van der Waals surface area contributed by atoms with Crippen LogP contribution in [0.15, 0.2) is 41.1 Å². The summed E-state index contributed by atoms with van der Waals surface area (Å²) < 4.78 is 6.21. The van der Waals surface area contributed by atoms with Crippen LogP contribution in [0.3, 0.4) is 0 Å². The van der Waals surface area contributed by atoms with Gasteiger partial charge >= 0.3 is 0 Å². The van der Waals surface area contributed by atoms with Crippen LogP contribution in [0.25, 0.3) is 0 Å². The molecule has 2 rings (SSSR count). The minimum Gasteiger partial charge on any atom is -0.471 e. The molecule has 2 aromatic heterocycles. The Morgan fingerprint density at radius 1 is 1.25 bits per heavy atom. The van der Waals surface area contributed by atoms with Gasteiger partial charge in [0, 0.05) is 12.3 Å². The molecule has 3 nitrogen and oxygen atoms in total. The molecule has 0 aliphatic heterocycles. The first-order valence-electron chi connectivity index (χ1n) is 4.60. The molecule has 0 amide bonds. The summed E-state index contributed by atoms with van der Waals surface area (Å²) in [5.41, 5.74) is 0.811. The Morgan fingerprint density at radius 2 is 2.12 bits per heavy atom. The Balaban J connectivity index is 1.99. The zero-order chi connectivity index (χ0) is 11.4. The lowest BCUT2D eigenvalue weighted by Crippen LogP contribution is -1.99. The molecule has 0 radical (unpaired) electrons. The van der Waals surface area contributed by atoms with Crippen molar-refractivity contribution in [1.29, 1.82) is 0 Å². The van der Waals surface area contributed by atoms with Crippen LogP contribution in [-0.4, -0.2) is 9.97 Å². The fourth-order valence-electron chi connectivity index (χ4n) is 1.11. The summed E-state index contributed by atoms with van der Waals surface area (Å²) in [5.74, 6) is 0.561. The number of rotatable bonds is 3. The molecule has 0 bridgehead atoms. The Bertz CT molecular complexity index is 476. The zero-order valence-electron chi connectivity index (χ0n) is 8.23. The Kier molecular flexibility index (Phi) is 3.74. The van der Waals surface area contributed by atoms with E-state index in [1.165, 1.54) is 0 Å². The van der Waals surface area contributed by atoms with E-state index < -0.39 is 0 Å². The van der Waals surface area contributed by atoms with E-state index in [4.69, 9.17) is 16.3 Å². The normalized spacial score (nSPS) is 10.1. The average molecular weight is 300 g/mol. The van der Waals surface area contributed by atoms with Crippen LogP contribution in [0.1, 0.15) is 5.69 Å². The monoisotopic (exact) mass is 298 g/mol. The van der Waals surface area contributed by atoms with Crippen molar-refractivity contribution < 1.29 is 4.74 Å². The molecule has 5 heteroatoms. The minimum absolute atomic E-state index is 0.376. The van der Waals surface area contributed by atoms with Gasteiger partial charge in [0.25, 0.3) is 0 Å². The largest absolute Gasteiger partial charge is 0.471 e. The summed E-state index contributed by atoms with van der Waals surface area (Å²) in [7, 11) is 0. The second-order valence-corrected chi connectivity index (χ2v) is 4.30. The molecule has 0 saturated heterocycles. The molecule has 0 fully saturated rings. The van der Waals surface area contributed by atoms with Crippen LogP contribution in [0.5, 0.6) is 5.88 Å². The third-order valence-corrected chi connectivity index (χ3v) is 2.51. The second kappa shape index (κ2) is 5.27. The van der Waals surface area contributed by atoms with E-state index in [2.05, 4.69) is 25.9 Å². The number of ether oxygens (including phenoxy) is 1. The van der Waals surface area contributed by atoms with Crippen LogP contribution < -0.4 is 4.74 Å². The summed E-state index contributed by atoms with van der Waals surface area (Å²) >= 11 is 9.00. The van der Waals surface area contributed by atoms with Crippen molar-refractivity contribution in [2.45, 2.75) is 6.61 Å². The molecule has 0 atom stereocenters. The highest BCUT2D eigenvalue weighted by Gasteiger charge is 1.99. The van der Waals surface area contributed by atoms with Gasteiger partial charge in [0.1, 0.15) is 11.2 Å². The molecular weight excluding hydrogens is 291 g/mol. The smallest absolute Gasteiger partial charge is 0.214 e. The highest BCUT2D eigenvalue weighted by atomic mass is 79.9. The van der Waals surface area contributed by atoms with Gasteiger partial charge in [-0.1, -0.05) is 17.7 Å². The van der Waals surface area contributed by atoms with Crippen molar-refractivity contribution >= 4 is 27.5 Å². The number of aromatic nitrogens is 2. The molecule has 2 aromatic rings. The molecule has 0 aliphatic carbocycles. The van der Waals surface area contributed by atoms with Crippen molar-refractivity contribution in [3.05, 3.63) is 51.8 Å². The maximum absolute atomic E-state index is 5.73. The molecule has 0 saturated carbocycles. The number of hydrogen-bond donors (Lipinski definition) is 0. The van der Waals surface area contributed by atoms with E-state index in [0.717, 1.165) is 10.3 Å². The van der Waals surface area contributed by atoms with Crippen LogP contribution >= 0.6 is 27.5 Å². The lowest BCUT2D eigenvalue weighted by Gasteiger charge is -2.04. The van der Waals surface area contributed by atoms with Gasteiger partial charge in [-0.25, -0.2) is 4.98 Å². The molecule has 82 valence electrons. The predicted molar refractivity (Wildman–Crippen MR) is 65.5 cm³/mol. The fraction of sp³-hybridized carbons (Fsp3) is 0.0909. The second-order valence-electron chi connectivity index (χ2n) is 3.05. The van der Waals surface area contributed by atoms with E-state index >= 15 is 0 Å². The molecular formula is C11H8BrClN2O. The Morgan fingerprint density at radius 3 is 2.81 bits per heavy atom. The minimum atomic E-state index is 0.376. The molecule has 0 N–H and O–H groups in total. The Labute approximate surface area is 107 Å². The lowest BCUT2D eigenvalue weighted by molar-refractivity contribution is 0.289. The molecule has 0 aromatic carbocycles. The van der Waals surface area contributed by atoms with Crippen molar-refractivity contribution in [3.63, 3.8) is 0 Å². The van der Waals surface area contributed by atoms with Gasteiger partial charge in [0.05, 0.1) is 10.7 Å². The van der Waals surface area contributed by atoms with Gasteiger partial charge < -0.3 is 4.74 Å². The van der Waals surface area contributed by atoms with E-state index in [0.29, 0.717) is 17.5 Å². The van der Waals surface area contributed by atoms with E-state index in [-0.39, 0.29) is 0 Å². The van der Waals surface area contributed by atoms with Gasteiger partial charge in [0.15, 0.2) is 0 Å². The molecule has 0 aliphatic rings. The van der Waals surface area contributed by atoms with Gasteiger partial charge in [0.2, 0.25) is 5.88 Å². The highest BCUT2D eigenvalue weighted by molar-refractivity contribution is 9.10. The van der Waals surface area contributed by atoms with Crippen molar-refractivity contribution in [1.82, 2.24) is 9.97 Å². The third kappa shape index (κ3) is 3.18. The maximum atomic E-state index is 5.73. The van der Waals surface area contributed by atoms with Gasteiger partial charge in [-0.3, -0.25) is 4.98 Å². The van der Waals surface area contributed by atoms with Crippen LogP contribution in [-0.2, 0) is 6.61 Å². The summed E-state index contributed by atoms with van der Waals surface area (Å²) in [6, 6.07) is 9.09. The molecule has 0 unspecified atom stereocenters. The van der Waals surface area contributed by atoms with Gasteiger partial charge in [-0.05, 0) is 34.1 Å². The number of nitrogens with zero attached hydrogens (tertiary/aromatic N) is 2. The first-order chi connectivity index (χ1) is 7.74. The van der Waals surface area contributed by atoms with Crippen molar-refractivity contribution in [2.24, 2.45) is 0 Å². The average Bonchev–Trinajstić information content (AvgIpc) is 2.28. The molecule has 2 heterocycles. The number of pyridine rings is 2. The number of halogens is 2. The van der Waals surface area contributed by atoms with Crippen molar-refractivity contribution in [3.8, 4) is 5.88 Å². The number of hydrogen-bond acceptors (Lipinski definition) is 3. The maximum Gasteiger partial charge on any atom is 0.214 e. The van der Waals surface area contributed by atoms with Gasteiger partial charge in [-0.2, -0.15) is 0 Å². The first-order valence-corrected chi connectivity index (χ1v) is 5.77. The fourth-order valence-corrected chi connectivity index (χ4v) is 1.55. The SMILES string of the molecule is Clc1ccc(COc2cccc(Br)n2)nc1. The van der Waals surface area contributed by atoms with E-state index in [1.807, 2.05) is 18.2 Å². The highest BCUT2D eigenvalue weighted by Crippen LogP contribution is 2.13. The standard InChI is InChI=1S/C11H8BrClN2O/c12-10-2-1-3-11(15-10)16-7-9-5-4-8(13)6-14-9/h1-6H,7H2. The third-order valence-electron chi connectivity index (χ3n) is 1.85. The summed E-state index contributed by atoms with van der Waals surface area (Å²) in [4.78, 5) is 8.27. The van der Waals surface area contributed by atoms with Crippen LogP contribution in [0.2, 0.25) is 5.02 Å². The lowest BCUT2D eigenvalue weighted by atomic mass is 10.4. The quantitative estimate of drug-likeness (QED) is 0.814. The van der Waals surface area contributed by atoms with E-state index in [1.54, 1.807) is 18.3 Å². The van der Waals surface area contributed by atoms with Crippen LogP contribution in [0.4, 0.5) is 0 Å². The van der Waals surface area contributed by atoms with Gasteiger partial charge in [-0.15, -0.1) is 0 Å². The predicted octanol–water partition coefficient (Wildman–Crippen LogP) is 3.47. The van der Waals surface area contributed by atoms with Crippen molar-refractivity contribution in [2.75, 3.05) is 0 Å². The summed E-state index contributed by atoms with van der Waals surface area (Å²) in [6.07, 6.45) is 1.59. The van der Waals surface area contributed by atoms with E-state index in [9.17, 15) is 0 Å². The molecule has 0 spiro atoms. The first kappa shape index (κ1) is 11.4. The zero-order valence-corrected chi connectivity index (χ0v) is 10.6. The topological polar surface area (TPSA) is 35.0 Å².